The monoisotopic (exact) mass is 486 g/mol. The van der Waals surface area contributed by atoms with Crippen molar-refractivity contribution >= 4 is 46.6 Å². The minimum absolute atomic E-state index is 0.0735. The van der Waals surface area contributed by atoms with E-state index in [9.17, 15) is 13.6 Å². The average Bonchev–Trinajstić information content (AvgIpc) is 3.10. The highest BCUT2D eigenvalue weighted by molar-refractivity contribution is 7.99. The minimum atomic E-state index is -0.804. The average molecular weight is 487 g/mol. The molecule has 1 atom stereocenters. The summed E-state index contributed by atoms with van der Waals surface area (Å²) in [6.45, 7) is 4.08. The number of hydrogen-bond acceptors (Lipinski definition) is 5. The van der Waals surface area contributed by atoms with E-state index in [4.69, 9.17) is 27.9 Å². The zero-order valence-corrected chi connectivity index (χ0v) is 18.9. The van der Waals surface area contributed by atoms with Gasteiger partial charge in [-0.1, -0.05) is 35.0 Å². The molecular weight excluding hydrogens is 469 g/mol. The molecule has 1 aromatic heterocycles. The van der Waals surface area contributed by atoms with Crippen LogP contribution in [-0.2, 0) is 11.3 Å². The van der Waals surface area contributed by atoms with E-state index in [0.29, 0.717) is 33.3 Å². The molecule has 6 nitrogen and oxygen atoms in total. The second-order valence-electron chi connectivity index (χ2n) is 6.41. The first kappa shape index (κ1) is 23.3. The van der Waals surface area contributed by atoms with Crippen LogP contribution in [-0.4, -0.2) is 26.4 Å². The Hall–Kier alpha value is -2.36. The molecule has 3 rings (SSSR count). The Kier molecular flexibility index (Phi) is 7.74. The molecule has 0 aliphatic carbocycles. The molecule has 0 aliphatic heterocycles. The van der Waals surface area contributed by atoms with Crippen LogP contribution >= 0.6 is 35.0 Å². The number of hydrogen-bond donors (Lipinski definition) is 1. The highest BCUT2D eigenvalue weighted by atomic mass is 35.5. The number of thioether (sulfide) groups is 1. The Morgan fingerprint density at radius 1 is 1.19 bits per heavy atom. The van der Waals surface area contributed by atoms with Gasteiger partial charge in [0.2, 0.25) is 5.91 Å². The molecule has 1 unspecified atom stereocenters. The van der Waals surface area contributed by atoms with Crippen molar-refractivity contribution in [2.24, 2.45) is 0 Å². The summed E-state index contributed by atoms with van der Waals surface area (Å²) in [7, 11) is 0. The molecule has 11 heteroatoms. The maximum absolute atomic E-state index is 13.9. The lowest BCUT2D eigenvalue weighted by molar-refractivity contribution is -0.113. The van der Waals surface area contributed by atoms with Crippen LogP contribution in [0.2, 0.25) is 10.0 Å². The van der Waals surface area contributed by atoms with Gasteiger partial charge in [0.05, 0.1) is 5.75 Å². The molecule has 164 valence electrons. The second-order valence-corrected chi connectivity index (χ2v) is 8.23. The fourth-order valence-corrected chi connectivity index (χ4v) is 4.11. The first-order chi connectivity index (χ1) is 14.8. The Labute approximate surface area is 191 Å². The Morgan fingerprint density at radius 2 is 1.90 bits per heavy atom. The van der Waals surface area contributed by atoms with Gasteiger partial charge in [-0.05, 0) is 44.2 Å². The Morgan fingerprint density at radius 3 is 2.55 bits per heavy atom. The van der Waals surface area contributed by atoms with E-state index in [1.165, 1.54) is 17.8 Å². The van der Waals surface area contributed by atoms with Gasteiger partial charge in [0.1, 0.15) is 5.82 Å². The molecule has 1 heterocycles. The number of carbonyl (C=O) groups excluding carboxylic acids is 1. The minimum Gasteiger partial charge on any atom is -0.480 e. The normalized spacial score (nSPS) is 11.9. The second kappa shape index (κ2) is 10.3. The molecular formula is C20H18Cl2F2N4O2S. The van der Waals surface area contributed by atoms with Gasteiger partial charge in [0.15, 0.2) is 28.7 Å². The van der Waals surface area contributed by atoms with Gasteiger partial charge in [-0.3, -0.25) is 4.79 Å². The smallest absolute Gasteiger partial charge is 0.234 e. The number of nitrogens with zero attached hydrogens (tertiary/aromatic N) is 3. The Bertz CT molecular complexity index is 1080. The lowest BCUT2D eigenvalue weighted by atomic mass is 10.3. The number of carbonyl (C=O) groups is 1. The first-order valence-corrected chi connectivity index (χ1v) is 10.9. The summed E-state index contributed by atoms with van der Waals surface area (Å²) in [5, 5.41) is 12.3. The van der Waals surface area contributed by atoms with E-state index in [2.05, 4.69) is 15.5 Å². The van der Waals surface area contributed by atoms with Crippen LogP contribution in [0, 0.1) is 11.6 Å². The molecule has 2 aromatic carbocycles. The number of aromatic nitrogens is 3. The largest absolute Gasteiger partial charge is 0.480 e. The third-order valence-electron chi connectivity index (χ3n) is 4.10. The van der Waals surface area contributed by atoms with Gasteiger partial charge in [0.25, 0.3) is 0 Å². The van der Waals surface area contributed by atoms with Crippen LogP contribution in [0.4, 0.5) is 14.5 Å². The van der Waals surface area contributed by atoms with Crippen molar-refractivity contribution in [3.05, 3.63) is 63.9 Å². The summed E-state index contributed by atoms with van der Waals surface area (Å²) in [6, 6.07) is 7.84. The molecule has 0 bridgehead atoms. The van der Waals surface area contributed by atoms with Gasteiger partial charge in [-0.2, -0.15) is 0 Å². The van der Waals surface area contributed by atoms with Crippen molar-refractivity contribution in [1.82, 2.24) is 14.8 Å². The fourth-order valence-electron chi connectivity index (χ4n) is 2.77. The number of benzene rings is 2. The number of nitrogens with one attached hydrogen (secondary N) is 1. The molecule has 0 radical (unpaired) electrons. The third-order valence-corrected chi connectivity index (χ3v) is 5.50. The van der Waals surface area contributed by atoms with E-state index in [1.807, 2.05) is 6.92 Å². The van der Waals surface area contributed by atoms with E-state index >= 15 is 0 Å². The number of amides is 1. The summed E-state index contributed by atoms with van der Waals surface area (Å²) in [5.41, 5.74) is 0.490. The molecule has 0 spiro atoms. The van der Waals surface area contributed by atoms with Gasteiger partial charge < -0.3 is 14.6 Å². The number of ether oxygens (including phenoxy) is 1. The molecule has 1 N–H and O–H groups in total. The third kappa shape index (κ3) is 6.09. The standard InChI is InChI=1S/C20H18Cl2F2N4O2S/c1-3-28-19(11(2)30-17-5-4-14(23)9-16(17)24)26-27-20(28)31-10-18(29)25-15-7-12(21)6-13(22)8-15/h4-9,11H,3,10H2,1-2H3,(H,25,29). The van der Waals surface area contributed by atoms with Crippen LogP contribution in [0.5, 0.6) is 5.75 Å². The van der Waals surface area contributed by atoms with Crippen LogP contribution in [0.25, 0.3) is 0 Å². The van der Waals surface area contributed by atoms with Crippen molar-refractivity contribution in [1.29, 1.82) is 0 Å². The highest BCUT2D eigenvalue weighted by Gasteiger charge is 2.20. The SMILES string of the molecule is CCn1c(SCC(=O)Nc2cc(Cl)cc(Cl)c2)nnc1C(C)Oc1ccc(F)cc1F. The predicted molar refractivity (Wildman–Crippen MR) is 117 cm³/mol. The van der Waals surface area contributed by atoms with Gasteiger partial charge in [-0.25, -0.2) is 8.78 Å². The highest BCUT2D eigenvalue weighted by Crippen LogP contribution is 2.27. The van der Waals surface area contributed by atoms with Crippen molar-refractivity contribution in [2.45, 2.75) is 31.7 Å². The quantitative estimate of drug-likeness (QED) is 0.410. The molecule has 31 heavy (non-hydrogen) atoms. The van der Waals surface area contributed by atoms with Crippen molar-refractivity contribution in [2.75, 3.05) is 11.1 Å². The Balaban J connectivity index is 1.65. The number of rotatable bonds is 8. The summed E-state index contributed by atoms with van der Waals surface area (Å²) in [6.07, 6.45) is -0.649. The van der Waals surface area contributed by atoms with E-state index in [0.717, 1.165) is 12.1 Å². The maximum Gasteiger partial charge on any atom is 0.234 e. The number of anilines is 1. The van der Waals surface area contributed by atoms with Gasteiger partial charge in [0, 0.05) is 28.3 Å². The lowest BCUT2D eigenvalue weighted by Crippen LogP contribution is -2.15. The van der Waals surface area contributed by atoms with Crippen molar-refractivity contribution in [3.63, 3.8) is 0 Å². The molecule has 0 fully saturated rings. The van der Waals surface area contributed by atoms with Gasteiger partial charge >= 0.3 is 0 Å². The summed E-state index contributed by atoms with van der Waals surface area (Å²) in [5.74, 6) is -1.32. The van der Waals surface area contributed by atoms with Crippen LogP contribution < -0.4 is 10.1 Å². The summed E-state index contributed by atoms with van der Waals surface area (Å²) in [4.78, 5) is 12.3. The van der Waals surface area contributed by atoms with Crippen LogP contribution in [0.3, 0.4) is 0 Å². The zero-order valence-electron chi connectivity index (χ0n) is 16.5. The topological polar surface area (TPSA) is 69.0 Å². The van der Waals surface area contributed by atoms with Crippen LogP contribution in [0.15, 0.2) is 41.6 Å². The summed E-state index contributed by atoms with van der Waals surface area (Å²) < 4.78 is 34.3. The van der Waals surface area contributed by atoms with E-state index < -0.39 is 17.7 Å². The van der Waals surface area contributed by atoms with E-state index in [-0.39, 0.29) is 17.4 Å². The van der Waals surface area contributed by atoms with Gasteiger partial charge in [-0.15, -0.1) is 10.2 Å². The van der Waals surface area contributed by atoms with Crippen LogP contribution in [0.1, 0.15) is 25.8 Å². The molecule has 0 saturated heterocycles. The maximum atomic E-state index is 13.9. The molecule has 0 saturated carbocycles. The fraction of sp³-hybridized carbons (Fsp3) is 0.250. The van der Waals surface area contributed by atoms with Crippen molar-refractivity contribution in [3.8, 4) is 5.75 Å². The predicted octanol–water partition coefficient (Wildman–Crippen LogP) is 5.75. The van der Waals surface area contributed by atoms with E-state index in [1.54, 1.807) is 29.7 Å². The lowest BCUT2D eigenvalue weighted by Gasteiger charge is -2.16. The first-order valence-electron chi connectivity index (χ1n) is 9.20. The summed E-state index contributed by atoms with van der Waals surface area (Å²) >= 11 is 13.1. The number of halogens is 4. The molecule has 3 aromatic rings. The molecule has 1 amide bonds. The molecule has 0 aliphatic rings. The van der Waals surface area contributed by atoms with Crippen molar-refractivity contribution < 1.29 is 18.3 Å². The zero-order chi connectivity index (χ0) is 22.5.